The van der Waals surface area contributed by atoms with Gasteiger partial charge in [-0.1, -0.05) is 12.8 Å². The van der Waals surface area contributed by atoms with E-state index in [2.05, 4.69) is 10.3 Å². The fourth-order valence-electron chi connectivity index (χ4n) is 2.63. The summed E-state index contributed by atoms with van der Waals surface area (Å²) in [7, 11) is 0. The van der Waals surface area contributed by atoms with Gasteiger partial charge in [0, 0.05) is 18.8 Å². The molecule has 1 aliphatic carbocycles. The first-order chi connectivity index (χ1) is 9.61. The summed E-state index contributed by atoms with van der Waals surface area (Å²) in [6.07, 6.45) is 5.73. The zero-order chi connectivity index (χ0) is 14.5. The lowest BCUT2D eigenvalue weighted by Gasteiger charge is -2.22. The number of carboxylic acids is 1. The third-order valence-electron chi connectivity index (χ3n) is 3.78. The van der Waals surface area contributed by atoms with Gasteiger partial charge in [-0.25, -0.2) is 4.79 Å². The van der Waals surface area contributed by atoms with Crippen molar-refractivity contribution in [1.29, 1.82) is 0 Å². The molecule has 1 amide bonds. The monoisotopic (exact) mass is 277 g/mol. The maximum atomic E-state index is 12.1. The Hall–Kier alpha value is -1.95. The van der Waals surface area contributed by atoms with Crippen molar-refractivity contribution in [2.75, 3.05) is 6.54 Å². The highest BCUT2D eigenvalue weighted by Gasteiger charge is 2.25. The molecule has 1 unspecified atom stereocenters. The van der Waals surface area contributed by atoms with E-state index in [4.69, 9.17) is 10.8 Å². The molecule has 1 saturated carbocycles. The van der Waals surface area contributed by atoms with E-state index >= 15 is 0 Å². The summed E-state index contributed by atoms with van der Waals surface area (Å²) in [6, 6.07) is 2.75. The van der Waals surface area contributed by atoms with E-state index in [1.165, 1.54) is 31.2 Å². The quantitative estimate of drug-likeness (QED) is 0.745. The number of nitrogens with zero attached hydrogens (tertiary/aromatic N) is 1. The molecule has 6 heteroatoms. The number of aromatic nitrogens is 1. The number of pyridine rings is 1. The topological polar surface area (TPSA) is 105 Å². The van der Waals surface area contributed by atoms with Gasteiger partial charge in [0.15, 0.2) is 0 Å². The molecular formula is C14H19N3O3. The van der Waals surface area contributed by atoms with Crippen molar-refractivity contribution in [3.8, 4) is 0 Å². The Kier molecular flexibility index (Phi) is 4.68. The highest BCUT2D eigenvalue weighted by Crippen LogP contribution is 2.27. The number of rotatable bonds is 5. The molecule has 1 atom stereocenters. The highest BCUT2D eigenvalue weighted by molar-refractivity contribution is 5.93. The minimum atomic E-state index is -1.06. The SMILES string of the molecule is NCC(NC(=O)c1ccc(C(=O)O)cn1)C1CCCC1. The molecule has 4 N–H and O–H groups in total. The van der Waals surface area contributed by atoms with E-state index < -0.39 is 5.97 Å². The number of amides is 1. The van der Waals surface area contributed by atoms with Crippen LogP contribution in [0.5, 0.6) is 0 Å². The van der Waals surface area contributed by atoms with Gasteiger partial charge >= 0.3 is 5.97 Å². The lowest BCUT2D eigenvalue weighted by atomic mass is 9.98. The van der Waals surface area contributed by atoms with Gasteiger partial charge in [-0.2, -0.15) is 0 Å². The van der Waals surface area contributed by atoms with Crippen molar-refractivity contribution >= 4 is 11.9 Å². The Morgan fingerprint density at radius 1 is 1.40 bits per heavy atom. The molecule has 1 aromatic rings. The van der Waals surface area contributed by atoms with Crippen molar-refractivity contribution in [2.24, 2.45) is 11.7 Å². The molecule has 0 aromatic carbocycles. The van der Waals surface area contributed by atoms with Crippen LogP contribution in [0.15, 0.2) is 18.3 Å². The van der Waals surface area contributed by atoms with Gasteiger partial charge in [-0.05, 0) is 30.9 Å². The first-order valence-corrected chi connectivity index (χ1v) is 6.82. The number of carboxylic acid groups (broad SMARTS) is 1. The van der Waals surface area contributed by atoms with E-state index in [-0.39, 0.29) is 23.2 Å². The predicted molar refractivity (Wildman–Crippen MR) is 73.5 cm³/mol. The number of hydrogen-bond donors (Lipinski definition) is 3. The molecule has 0 radical (unpaired) electrons. The molecule has 0 saturated heterocycles. The number of aromatic carboxylic acids is 1. The summed E-state index contributed by atoms with van der Waals surface area (Å²) in [5.74, 6) is -0.929. The Bertz CT molecular complexity index is 481. The summed E-state index contributed by atoms with van der Waals surface area (Å²) < 4.78 is 0. The second kappa shape index (κ2) is 6.47. The lowest BCUT2D eigenvalue weighted by Crippen LogP contribution is -2.44. The maximum Gasteiger partial charge on any atom is 0.337 e. The number of hydrogen-bond acceptors (Lipinski definition) is 4. The minimum absolute atomic E-state index is 0.0362. The fourth-order valence-corrected chi connectivity index (χ4v) is 2.63. The van der Waals surface area contributed by atoms with Crippen LogP contribution in [-0.2, 0) is 0 Å². The van der Waals surface area contributed by atoms with E-state index in [9.17, 15) is 9.59 Å². The smallest absolute Gasteiger partial charge is 0.337 e. The van der Waals surface area contributed by atoms with Crippen LogP contribution in [0.3, 0.4) is 0 Å². The molecule has 1 aliphatic rings. The second-order valence-corrected chi connectivity index (χ2v) is 5.10. The van der Waals surface area contributed by atoms with Gasteiger partial charge in [0.2, 0.25) is 0 Å². The Morgan fingerprint density at radius 3 is 2.60 bits per heavy atom. The van der Waals surface area contributed by atoms with E-state index in [1.54, 1.807) is 0 Å². The summed E-state index contributed by atoms with van der Waals surface area (Å²) in [5, 5.41) is 11.7. The van der Waals surface area contributed by atoms with Crippen LogP contribution in [0.4, 0.5) is 0 Å². The Labute approximate surface area is 117 Å². The molecule has 0 aliphatic heterocycles. The maximum absolute atomic E-state index is 12.1. The van der Waals surface area contributed by atoms with Crippen LogP contribution < -0.4 is 11.1 Å². The average Bonchev–Trinajstić information content (AvgIpc) is 2.98. The third kappa shape index (κ3) is 3.33. The number of carbonyl (C=O) groups excluding carboxylic acids is 1. The molecular weight excluding hydrogens is 258 g/mol. The van der Waals surface area contributed by atoms with Gasteiger partial charge in [0.1, 0.15) is 5.69 Å². The number of carbonyl (C=O) groups is 2. The van der Waals surface area contributed by atoms with Crippen molar-refractivity contribution in [3.63, 3.8) is 0 Å². The standard InChI is InChI=1S/C14H19N3O3/c15-7-12(9-3-1-2-4-9)17-13(18)11-6-5-10(8-16-11)14(19)20/h5-6,8-9,12H,1-4,7,15H2,(H,17,18)(H,19,20). The number of nitrogens with two attached hydrogens (primary N) is 1. The molecule has 0 bridgehead atoms. The second-order valence-electron chi connectivity index (χ2n) is 5.10. The van der Waals surface area contributed by atoms with Gasteiger partial charge in [-0.3, -0.25) is 9.78 Å². The van der Waals surface area contributed by atoms with Crippen molar-refractivity contribution in [1.82, 2.24) is 10.3 Å². The normalized spacial score (nSPS) is 16.9. The van der Waals surface area contributed by atoms with Gasteiger partial charge < -0.3 is 16.2 Å². The van der Waals surface area contributed by atoms with Crippen molar-refractivity contribution < 1.29 is 14.7 Å². The lowest BCUT2D eigenvalue weighted by molar-refractivity contribution is 0.0695. The average molecular weight is 277 g/mol. The van der Waals surface area contributed by atoms with E-state index in [0.717, 1.165) is 12.8 Å². The van der Waals surface area contributed by atoms with Crippen LogP contribution in [-0.4, -0.2) is 34.6 Å². The Morgan fingerprint density at radius 2 is 2.10 bits per heavy atom. The zero-order valence-corrected chi connectivity index (χ0v) is 11.2. The van der Waals surface area contributed by atoms with Crippen molar-refractivity contribution in [2.45, 2.75) is 31.7 Å². The van der Waals surface area contributed by atoms with Crippen LogP contribution in [0, 0.1) is 5.92 Å². The van der Waals surface area contributed by atoms with Crippen LogP contribution >= 0.6 is 0 Å². The third-order valence-corrected chi connectivity index (χ3v) is 3.78. The molecule has 0 spiro atoms. The van der Waals surface area contributed by atoms with Gasteiger partial charge in [0.05, 0.1) is 5.56 Å². The van der Waals surface area contributed by atoms with E-state index in [0.29, 0.717) is 12.5 Å². The molecule has 20 heavy (non-hydrogen) atoms. The van der Waals surface area contributed by atoms with Gasteiger partial charge in [0.25, 0.3) is 5.91 Å². The summed E-state index contributed by atoms with van der Waals surface area (Å²) >= 11 is 0. The summed E-state index contributed by atoms with van der Waals surface area (Å²) in [6.45, 7) is 0.406. The predicted octanol–water partition coefficient (Wildman–Crippen LogP) is 1.03. The van der Waals surface area contributed by atoms with Crippen molar-refractivity contribution in [3.05, 3.63) is 29.6 Å². The molecule has 2 rings (SSSR count). The highest BCUT2D eigenvalue weighted by atomic mass is 16.4. The first kappa shape index (κ1) is 14.5. The zero-order valence-electron chi connectivity index (χ0n) is 11.2. The minimum Gasteiger partial charge on any atom is -0.478 e. The molecule has 108 valence electrons. The summed E-state index contributed by atoms with van der Waals surface area (Å²) in [4.78, 5) is 26.7. The van der Waals surface area contributed by atoms with Crippen LogP contribution in [0.1, 0.15) is 46.5 Å². The van der Waals surface area contributed by atoms with Crippen LogP contribution in [0.2, 0.25) is 0 Å². The largest absolute Gasteiger partial charge is 0.478 e. The Balaban J connectivity index is 2.00. The van der Waals surface area contributed by atoms with Gasteiger partial charge in [-0.15, -0.1) is 0 Å². The van der Waals surface area contributed by atoms with Crippen LogP contribution in [0.25, 0.3) is 0 Å². The molecule has 1 fully saturated rings. The number of nitrogens with one attached hydrogen (secondary N) is 1. The molecule has 1 heterocycles. The summed E-state index contributed by atoms with van der Waals surface area (Å²) in [5.41, 5.74) is 6.01. The van der Waals surface area contributed by atoms with E-state index in [1.807, 2.05) is 0 Å². The molecule has 1 aromatic heterocycles. The first-order valence-electron chi connectivity index (χ1n) is 6.82. The molecule has 6 nitrogen and oxygen atoms in total. The fraction of sp³-hybridized carbons (Fsp3) is 0.500.